The summed E-state index contributed by atoms with van der Waals surface area (Å²) in [6.07, 6.45) is 3.29. The predicted molar refractivity (Wildman–Crippen MR) is 150 cm³/mol. The van der Waals surface area contributed by atoms with E-state index in [1.165, 1.54) is 17.2 Å². The van der Waals surface area contributed by atoms with Gasteiger partial charge < -0.3 is 25.2 Å². The van der Waals surface area contributed by atoms with Gasteiger partial charge in [0.05, 0.1) is 6.54 Å². The largest absolute Gasteiger partial charge is 0.423 e. The Hall–Kier alpha value is -3.94. The highest BCUT2D eigenvalue weighted by Crippen LogP contribution is 2.31. The van der Waals surface area contributed by atoms with Gasteiger partial charge in [0, 0.05) is 49.7 Å². The van der Waals surface area contributed by atoms with Crippen molar-refractivity contribution in [1.29, 1.82) is 0 Å². The van der Waals surface area contributed by atoms with E-state index < -0.39 is 5.97 Å². The second kappa shape index (κ2) is 12.3. The van der Waals surface area contributed by atoms with Crippen LogP contribution < -0.4 is 20.3 Å². The van der Waals surface area contributed by atoms with Gasteiger partial charge in [-0.2, -0.15) is 0 Å². The first-order chi connectivity index (χ1) is 17.9. The van der Waals surface area contributed by atoms with E-state index in [-0.39, 0.29) is 12.5 Å². The van der Waals surface area contributed by atoms with Gasteiger partial charge in [-0.15, -0.1) is 0 Å². The molecule has 4 rings (SSSR count). The minimum absolute atomic E-state index is 0.171. The second-order valence-corrected chi connectivity index (χ2v) is 9.24. The molecule has 37 heavy (non-hydrogen) atoms. The summed E-state index contributed by atoms with van der Waals surface area (Å²) in [6, 6.07) is 21.5. The van der Waals surface area contributed by atoms with Crippen molar-refractivity contribution in [1.82, 2.24) is 10.2 Å². The van der Waals surface area contributed by atoms with Crippen molar-refractivity contribution in [2.75, 3.05) is 57.0 Å². The summed E-state index contributed by atoms with van der Waals surface area (Å²) < 4.78 is 5.54. The van der Waals surface area contributed by atoms with Gasteiger partial charge in [0.1, 0.15) is 5.75 Å². The number of hydrogen-bond acceptors (Lipinski definition) is 6. The molecule has 2 N–H and O–H groups in total. The maximum absolute atomic E-state index is 12.7. The van der Waals surface area contributed by atoms with Crippen molar-refractivity contribution in [3.63, 3.8) is 0 Å². The number of esters is 1. The van der Waals surface area contributed by atoms with Crippen molar-refractivity contribution in [2.24, 2.45) is 0 Å². The third-order valence-electron chi connectivity index (χ3n) is 6.40. The lowest BCUT2D eigenvalue weighted by atomic mass is 9.97. The monoisotopic (exact) mass is 498 g/mol. The molecule has 1 amide bonds. The second-order valence-electron chi connectivity index (χ2n) is 9.24. The van der Waals surface area contributed by atoms with E-state index in [9.17, 15) is 9.59 Å². The molecule has 1 fully saturated rings. The SMILES string of the molecule is CNCC(=O)Nc1cccc(OC(=O)C=Cc2cc(-c3ccccc3C)ccc2N2CCN(C)CC2)c1. The van der Waals surface area contributed by atoms with Gasteiger partial charge >= 0.3 is 5.97 Å². The Morgan fingerprint density at radius 1 is 0.973 bits per heavy atom. The van der Waals surface area contributed by atoms with Crippen LogP contribution >= 0.6 is 0 Å². The smallest absolute Gasteiger partial charge is 0.336 e. The number of piperazine rings is 1. The van der Waals surface area contributed by atoms with Crippen LogP contribution in [0.3, 0.4) is 0 Å². The number of carbonyl (C=O) groups excluding carboxylic acids is 2. The molecule has 0 bridgehead atoms. The maximum Gasteiger partial charge on any atom is 0.336 e. The van der Waals surface area contributed by atoms with E-state index >= 15 is 0 Å². The molecule has 3 aromatic rings. The minimum Gasteiger partial charge on any atom is -0.423 e. The Bertz CT molecular complexity index is 1280. The topological polar surface area (TPSA) is 73.9 Å². The van der Waals surface area contributed by atoms with Gasteiger partial charge in [0.15, 0.2) is 0 Å². The van der Waals surface area contributed by atoms with Gasteiger partial charge in [-0.05, 0) is 73.6 Å². The maximum atomic E-state index is 12.7. The van der Waals surface area contributed by atoms with Crippen LogP contribution in [0.5, 0.6) is 5.75 Å². The number of benzene rings is 3. The van der Waals surface area contributed by atoms with Crippen molar-refractivity contribution in [3.8, 4) is 16.9 Å². The zero-order valence-corrected chi connectivity index (χ0v) is 21.7. The lowest BCUT2D eigenvalue weighted by Gasteiger charge is -2.35. The van der Waals surface area contributed by atoms with Crippen LogP contribution in [0, 0.1) is 6.92 Å². The molecule has 0 radical (unpaired) electrons. The Balaban J connectivity index is 1.55. The molecule has 0 saturated carbocycles. The van der Waals surface area contributed by atoms with Crippen molar-refractivity contribution in [3.05, 3.63) is 83.9 Å². The molecule has 0 aliphatic carbocycles. The molecule has 1 aliphatic heterocycles. The van der Waals surface area contributed by atoms with Crippen LogP contribution in [0.25, 0.3) is 17.2 Å². The highest BCUT2D eigenvalue weighted by atomic mass is 16.5. The molecular weight excluding hydrogens is 464 g/mol. The van der Waals surface area contributed by atoms with Crippen molar-refractivity contribution in [2.45, 2.75) is 6.92 Å². The third-order valence-corrected chi connectivity index (χ3v) is 6.40. The van der Waals surface area contributed by atoms with E-state index in [4.69, 9.17) is 4.74 Å². The number of hydrogen-bond donors (Lipinski definition) is 2. The zero-order chi connectivity index (χ0) is 26.2. The normalized spacial score (nSPS) is 14.1. The molecule has 192 valence electrons. The Morgan fingerprint density at radius 3 is 2.51 bits per heavy atom. The Morgan fingerprint density at radius 2 is 1.76 bits per heavy atom. The van der Waals surface area contributed by atoms with E-state index in [0.29, 0.717) is 11.4 Å². The molecule has 1 aliphatic rings. The molecule has 7 nitrogen and oxygen atoms in total. The van der Waals surface area contributed by atoms with Crippen LogP contribution in [0.4, 0.5) is 11.4 Å². The first-order valence-corrected chi connectivity index (χ1v) is 12.5. The van der Waals surface area contributed by atoms with Crippen LogP contribution in [-0.4, -0.2) is 63.6 Å². The molecule has 1 heterocycles. The molecule has 0 atom stereocenters. The summed E-state index contributed by atoms with van der Waals surface area (Å²) >= 11 is 0. The Kier molecular flexibility index (Phi) is 8.72. The third kappa shape index (κ3) is 7.06. The van der Waals surface area contributed by atoms with Crippen LogP contribution in [0.15, 0.2) is 72.8 Å². The first-order valence-electron chi connectivity index (χ1n) is 12.5. The fourth-order valence-electron chi connectivity index (χ4n) is 4.40. The number of carbonyl (C=O) groups is 2. The Labute approximate surface area is 218 Å². The molecule has 0 spiro atoms. The average Bonchev–Trinajstić information content (AvgIpc) is 2.88. The van der Waals surface area contributed by atoms with Crippen molar-refractivity contribution >= 4 is 29.3 Å². The molecule has 3 aromatic carbocycles. The summed E-state index contributed by atoms with van der Waals surface area (Å²) in [4.78, 5) is 29.3. The van der Waals surface area contributed by atoms with E-state index in [2.05, 4.69) is 64.7 Å². The molecule has 7 heteroatoms. The lowest BCUT2D eigenvalue weighted by Crippen LogP contribution is -2.44. The number of likely N-dealkylation sites (N-methyl/N-ethyl adjacent to an activating group) is 2. The first kappa shape index (κ1) is 26.1. The number of aryl methyl sites for hydroxylation is 1. The number of amides is 1. The fourth-order valence-corrected chi connectivity index (χ4v) is 4.40. The minimum atomic E-state index is -0.482. The van der Waals surface area contributed by atoms with Crippen molar-refractivity contribution < 1.29 is 14.3 Å². The lowest BCUT2D eigenvalue weighted by molar-refractivity contribution is -0.128. The quantitative estimate of drug-likeness (QED) is 0.276. The van der Waals surface area contributed by atoms with E-state index in [1.807, 2.05) is 18.2 Å². The summed E-state index contributed by atoms with van der Waals surface area (Å²) in [6.45, 7) is 6.14. The molecular formula is C30H34N4O3. The van der Waals surface area contributed by atoms with Crippen LogP contribution in [-0.2, 0) is 9.59 Å². The van der Waals surface area contributed by atoms with E-state index in [0.717, 1.165) is 43.0 Å². The van der Waals surface area contributed by atoms with Gasteiger partial charge in [0.25, 0.3) is 0 Å². The molecule has 0 unspecified atom stereocenters. The highest BCUT2D eigenvalue weighted by molar-refractivity contribution is 5.93. The summed E-state index contributed by atoms with van der Waals surface area (Å²) in [5, 5.41) is 5.57. The zero-order valence-electron chi connectivity index (χ0n) is 21.7. The highest BCUT2D eigenvalue weighted by Gasteiger charge is 2.17. The summed E-state index contributed by atoms with van der Waals surface area (Å²) in [5.74, 6) is -0.287. The van der Waals surface area contributed by atoms with E-state index in [1.54, 1.807) is 31.3 Å². The summed E-state index contributed by atoms with van der Waals surface area (Å²) in [5.41, 5.74) is 6.11. The van der Waals surface area contributed by atoms with Gasteiger partial charge in [0.2, 0.25) is 5.91 Å². The van der Waals surface area contributed by atoms with Gasteiger partial charge in [-0.1, -0.05) is 36.4 Å². The van der Waals surface area contributed by atoms with Crippen LogP contribution in [0.2, 0.25) is 0 Å². The number of anilines is 2. The number of ether oxygens (including phenoxy) is 1. The molecule has 1 saturated heterocycles. The van der Waals surface area contributed by atoms with Crippen LogP contribution in [0.1, 0.15) is 11.1 Å². The average molecular weight is 499 g/mol. The number of rotatable bonds is 8. The molecule has 0 aromatic heterocycles. The predicted octanol–water partition coefficient (Wildman–Crippen LogP) is 4.19. The summed E-state index contributed by atoms with van der Waals surface area (Å²) in [7, 11) is 3.84. The fraction of sp³-hybridized carbons (Fsp3) is 0.267. The van der Waals surface area contributed by atoms with Gasteiger partial charge in [-0.25, -0.2) is 4.79 Å². The van der Waals surface area contributed by atoms with Gasteiger partial charge in [-0.3, -0.25) is 4.79 Å². The number of nitrogens with zero attached hydrogens (tertiary/aromatic N) is 2. The standard InChI is InChI=1S/C30H34N4O3/c1-22-7-4-5-10-27(22)23-11-13-28(34-17-15-33(3)16-18-34)24(19-23)12-14-30(36)37-26-9-6-8-25(20-26)32-29(35)21-31-2/h4-14,19-20,31H,15-18,21H2,1-3H3,(H,32,35). The number of nitrogens with one attached hydrogen (secondary N) is 2.